The quantitative estimate of drug-likeness (QED) is 0.616. The van der Waals surface area contributed by atoms with E-state index in [9.17, 15) is 13.8 Å². The molecule has 0 radical (unpaired) electrons. The molecule has 6 nitrogen and oxygen atoms in total. The Labute approximate surface area is 106 Å². The first kappa shape index (κ1) is 12.7. The number of ether oxygens (including phenoxy) is 1. The van der Waals surface area contributed by atoms with Gasteiger partial charge in [-0.2, -0.15) is 8.93 Å². The van der Waals surface area contributed by atoms with Crippen LogP contribution in [0.1, 0.15) is 5.56 Å². The molecule has 7 heteroatoms. The van der Waals surface area contributed by atoms with E-state index in [1.807, 2.05) is 6.92 Å². The molecule has 1 aromatic rings. The van der Waals surface area contributed by atoms with E-state index in [-0.39, 0.29) is 6.61 Å². The van der Waals surface area contributed by atoms with Gasteiger partial charge < -0.3 is 8.92 Å². The number of rotatable bonds is 4. The molecule has 1 aliphatic rings. The van der Waals surface area contributed by atoms with Gasteiger partial charge in [0.1, 0.15) is 5.75 Å². The number of nitrogens with one attached hydrogen (secondary N) is 1. The van der Waals surface area contributed by atoms with Gasteiger partial charge in [-0.15, -0.1) is 0 Å². The van der Waals surface area contributed by atoms with E-state index >= 15 is 0 Å². The van der Waals surface area contributed by atoms with Crippen LogP contribution in [0.15, 0.2) is 24.3 Å². The van der Waals surface area contributed by atoms with Crippen molar-refractivity contribution in [1.29, 1.82) is 0 Å². The van der Waals surface area contributed by atoms with E-state index < -0.39 is 29.1 Å². The summed E-state index contributed by atoms with van der Waals surface area (Å²) in [6, 6.07) is 5.66. The Bertz CT molecular complexity index is 483. The molecule has 2 rings (SSSR count). The van der Waals surface area contributed by atoms with E-state index in [0.29, 0.717) is 5.75 Å². The van der Waals surface area contributed by atoms with Gasteiger partial charge in [0.15, 0.2) is 18.4 Å². The summed E-state index contributed by atoms with van der Waals surface area (Å²) in [5.74, 6) is -0.813. The molecular weight excluding hydrogens is 258 g/mol. The lowest BCUT2D eigenvalue weighted by Gasteiger charge is -2.08. The lowest BCUT2D eigenvalue weighted by Crippen LogP contribution is -2.41. The summed E-state index contributed by atoms with van der Waals surface area (Å²) in [6.07, 6.45) is 0. The van der Waals surface area contributed by atoms with E-state index in [1.165, 1.54) is 0 Å². The fourth-order valence-corrected chi connectivity index (χ4v) is 2.11. The molecule has 96 valence electrons. The zero-order valence-electron chi connectivity index (χ0n) is 9.54. The molecule has 1 aromatic carbocycles. The minimum Gasteiger partial charge on any atom is -0.456 e. The smallest absolute Gasteiger partial charge is 0.332 e. The Morgan fingerprint density at radius 2 is 2.00 bits per heavy atom. The van der Waals surface area contributed by atoms with Crippen LogP contribution in [-0.2, 0) is 25.6 Å². The number of hydrogen-bond donors (Lipinski definition) is 1. The van der Waals surface area contributed by atoms with Crippen molar-refractivity contribution in [3.63, 3.8) is 0 Å². The molecule has 0 aliphatic carbocycles. The monoisotopic (exact) mass is 269 g/mol. The van der Waals surface area contributed by atoms with E-state index in [0.717, 1.165) is 5.56 Å². The van der Waals surface area contributed by atoms with Crippen LogP contribution in [-0.4, -0.2) is 28.6 Å². The summed E-state index contributed by atoms with van der Waals surface area (Å²) in [7, 11) is 0. The highest BCUT2D eigenvalue weighted by Gasteiger charge is 2.36. The molecule has 0 bridgehead atoms. The molecule has 0 aromatic heterocycles. The lowest BCUT2D eigenvalue weighted by molar-refractivity contribution is -0.139. The van der Waals surface area contributed by atoms with Crippen molar-refractivity contribution in [1.82, 2.24) is 4.72 Å². The molecule has 18 heavy (non-hydrogen) atoms. The van der Waals surface area contributed by atoms with Crippen LogP contribution < -0.4 is 8.91 Å². The summed E-state index contributed by atoms with van der Waals surface area (Å²) in [5.41, 5.74) is 1.04. The van der Waals surface area contributed by atoms with Crippen molar-refractivity contribution in [3.05, 3.63) is 29.8 Å². The highest BCUT2D eigenvalue weighted by molar-refractivity contribution is 7.78. The van der Waals surface area contributed by atoms with Crippen LogP contribution in [0.3, 0.4) is 0 Å². The van der Waals surface area contributed by atoms with Crippen LogP contribution in [0.4, 0.5) is 0 Å². The molecule has 0 amide bonds. The van der Waals surface area contributed by atoms with Crippen LogP contribution >= 0.6 is 0 Å². The molecule has 0 spiro atoms. The summed E-state index contributed by atoms with van der Waals surface area (Å²) in [4.78, 5) is 22.3. The van der Waals surface area contributed by atoms with Gasteiger partial charge in [0, 0.05) is 0 Å². The van der Waals surface area contributed by atoms with Crippen LogP contribution in [0.2, 0.25) is 0 Å². The topological polar surface area (TPSA) is 81.7 Å². The third-order valence-corrected chi connectivity index (χ3v) is 3.09. The second-order valence-electron chi connectivity index (χ2n) is 3.76. The van der Waals surface area contributed by atoms with Gasteiger partial charge >= 0.3 is 5.97 Å². The van der Waals surface area contributed by atoms with E-state index in [4.69, 9.17) is 4.18 Å². The predicted molar refractivity (Wildman–Crippen MR) is 62.8 cm³/mol. The molecule has 1 heterocycles. The third kappa shape index (κ3) is 2.93. The molecular formula is C11H11NO5S. The van der Waals surface area contributed by atoms with Crippen LogP contribution in [0.5, 0.6) is 5.75 Å². The predicted octanol–water partition coefficient (Wildman–Crippen LogP) is 0.0366. The van der Waals surface area contributed by atoms with Gasteiger partial charge in [0.05, 0.1) is 0 Å². The Balaban J connectivity index is 1.94. The van der Waals surface area contributed by atoms with Crippen molar-refractivity contribution >= 4 is 23.0 Å². The molecule has 2 unspecified atom stereocenters. The van der Waals surface area contributed by atoms with Crippen LogP contribution in [0, 0.1) is 6.92 Å². The second kappa shape index (κ2) is 5.28. The van der Waals surface area contributed by atoms with Gasteiger partial charge in [-0.1, -0.05) is 17.7 Å². The van der Waals surface area contributed by atoms with E-state index in [1.54, 1.807) is 24.3 Å². The summed E-state index contributed by atoms with van der Waals surface area (Å²) < 4.78 is 23.4. The standard InChI is InChI=1S/C11H11NO5S/c1-7-2-4-8(5-3-7)17-18(15)12-10-9(13)6-16-11(10)14/h2-5,10,12H,6H2,1H3. The van der Waals surface area contributed by atoms with Gasteiger partial charge in [0.2, 0.25) is 0 Å². The summed E-state index contributed by atoms with van der Waals surface area (Å²) in [6.45, 7) is 1.62. The van der Waals surface area contributed by atoms with Gasteiger partial charge in [-0.3, -0.25) is 4.79 Å². The highest BCUT2D eigenvalue weighted by atomic mass is 32.2. The number of benzene rings is 1. The number of ketones is 1. The Kier molecular flexibility index (Phi) is 3.73. The maximum absolute atomic E-state index is 11.6. The van der Waals surface area contributed by atoms with Crippen LogP contribution in [0.25, 0.3) is 0 Å². The average Bonchev–Trinajstić information content (AvgIpc) is 2.64. The highest BCUT2D eigenvalue weighted by Crippen LogP contribution is 2.12. The Morgan fingerprint density at radius 1 is 1.33 bits per heavy atom. The minimum absolute atomic E-state index is 0.293. The first-order valence-corrected chi connectivity index (χ1v) is 6.26. The van der Waals surface area contributed by atoms with Gasteiger partial charge in [-0.05, 0) is 19.1 Å². The second-order valence-corrected chi connectivity index (χ2v) is 4.63. The zero-order valence-corrected chi connectivity index (χ0v) is 10.4. The molecule has 1 fully saturated rings. The van der Waals surface area contributed by atoms with Crippen molar-refractivity contribution in [2.75, 3.05) is 6.61 Å². The largest absolute Gasteiger partial charge is 0.456 e. The first-order valence-electron chi connectivity index (χ1n) is 5.18. The molecule has 1 saturated heterocycles. The fraction of sp³-hybridized carbons (Fsp3) is 0.273. The molecule has 2 atom stereocenters. The number of cyclic esters (lactones) is 1. The summed E-state index contributed by atoms with van der Waals surface area (Å²) in [5, 5.41) is 0. The van der Waals surface area contributed by atoms with Gasteiger partial charge in [-0.25, -0.2) is 4.79 Å². The van der Waals surface area contributed by atoms with E-state index in [2.05, 4.69) is 9.46 Å². The number of aryl methyl sites for hydroxylation is 1. The maximum atomic E-state index is 11.6. The van der Waals surface area contributed by atoms with Crippen molar-refractivity contribution < 1.29 is 22.7 Å². The first-order chi connectivity index (χ1) is 8.56. The SMILES string of the molecule is Cc1ccc(OS(=O)NC2C(=O)COC2=O)cc1. The number of hydrogen-bond acceptors (Lipinski definition) is 5. The molecule has 1 N–H and O–H groups in total. The molecule has 1 aliphatic heterocycles. The zero-order chi connectivity index (χ0) is 13.1. The Hall–Kier alpha value is -1.73. The van der Waals surface area contributed by atoms with Gasteiger partial charge in [0.25, 0.3) is 11.3 Å². The van der Waals surface area contributed by atoms with Crippen molar-refractivity contribution in [2.45, 2.75) is 13.0 Å². The number of Topliss-reactive ketones (excluding diaryl/α,β-unsaturated/α-hetero) is 1. The lowest BCUT2D eigenvalue weighted by atomic mass is 10.2. The maximum Gasteiger partial charge on any atom is 0.332 e. The summed E-state index contributed by atoms with van der Waals surface area (Å²) >= 11 is -1.98. The number of carbonyl (C=O) groups is 2. The number of carbonyl (C=O) groups excluding carboxylic acids is 2. The normalized spacial score (nSPS) is 20.6. The van der Waals surface area contributed by atoms with Crippen molar-refractivity contribution in [3.8, 4) is 5.75 Å². The number of esters is 1. The molecule has 0 saturated carbocycles. The third-order valence-electron chi connectivity index (χ3n) is 2.32. The fourth-order valence-electron chi connectivity index (χ4n) is 1.36. The minimum atomic E-state index is -1.98. The van der Waals surface area contributed by atoms with Crippen molar-refractivity contribution in [2.24, 2.45) is 0 Å². The average molecular weight is 269 g/mol. The Morgan fingerprint density at radius 3 is 2.56 bits per heavy atom.